The minimum absolute atomic E-state index is 0.0277. The van der Waals surface area contributed by atoms with E-state index in [1.807, 2.05) is 4.90 Å². The molecule has 2 saturated heterocycles. The fraction of sp³-hybridized carbons (Fsp3) is 0.333. The summed E-state index contributed by atoms with van der Waals surface area (Å²) >= 11 is 13.0. The average Bonchev–Trinajstić information content (AvgIpc) is 3.72. The predicted octanol–water partition coefficient (Wildman–Crippen LogP) is 8.03. The van der Waals surface area contributed by atoms with Gasteiger partial charge in [-0.15, -0.1) is 0 Å². The SMILES string of the molecule is O=C(O)c1ccc(NC(=O)N2C3CCC2CC(OCc2c(-c4c(Cl)cccc4Cl)noc2C2CC2)C3)cc1-c1cccnc1. The lowest BCUT2D eigenvalue weighted by Gasteiger charge is -2.38. The second-order valence-corrected chi connectivity index (χ2v) is 12.5. The van der Waals surface area contributed by atoms with Crippen LogP contribution >= 0.6 is 23.2 Å². The maximum atomic E-state index is 13.5. The number of amides is 2. The van der Waals surface area contributed by atoms with Gasteiger partial charge in [0, 0.05) is 52.8 Å². The lowest BCUT2D eigenvalue weighted by Crippen LogP contribution is -2.50. The summed E-state index contributed by atoms with van der Waals surface area (Å²) in [5.74, 6) is 0.135. The quantitative estimate of drug-likeness (QED) is 0.202. The molecule has 0 radical (unpaired) electrons. The van der Waals surface area contributed by atoms with E-state index in [0.717, 1.165) is 49.8 Å². The number of piperidine rings is 1. The molecule has 4 aromatic rings. The maximum absolute atomic E-state index is 13.5. The molecule has 44 heavy (non-hydrogen) atoms. The van der Waals surface area contributed by atoms with Gasteiger partial charge in [0.25, 0.3) is 0 Å². The van der Waals surface area contributed by atoms with E-state index in [4.69, 9.17) is 32.5 Å². The highest BCUT2D eigenvalue weighted by molar-refractivity contribution is 6.39. The molecule has 2 atom stereocenters. The third kappa shape index (κ3) is 5.56. The average molecular weight is 634 g/mol. The molecular formula is C33H30Cl2N4O5. The summed E-state index contributed by atoms with van der Waals surface area (Å²) in [6, 6.07) is 13.6. The minimum Gasteiger partial charge on any atom is -0.478 e. The van der Waals surface area contributed by atoms with Crippen LogP contribution in [-0.4, -0.2) is 50.3 Å². The van der Waals surface area contributed by atoms with Crippen LogP contribution in [0.2, 0.25) is 10.0 Å². The number of carbonyl (C=O) groups excluding carboxylic acids is 1. The number of aromatic carboxylic acids is 1. The Morgan fingerprint density at radius 1 is 1.02 bits per heavy atom. The largest absolute Gasteiger partial charge is 0.478 e. The van der Waals surface area contributed by atoms with E-state index < -0.39 is 5.97 Å². The number of benzene rings is 2. The number of aromatic nitrogens is 2. The molecule has 3 aliphatic rings. The van der Waals surface area contributed by atoms with Crippen LogP contribution in [0, 0.1) is 0 Å². The van der Waals surface area contributed by atoms with E-state index in [1.165, 1.54) is 6.07 Å². The molecule has 2 N–H and O–H groups in total. The second kappa shape index (κ2) is 11.9. The number of halogens is 2. The number of pyridine rings is 1. The van der Waals surface area contributed by atoms with Crippen LogP contribution in [0.25, 0.3) is 22.4 Å². The van der Waals surface area contributed by atoms with Gasteiger partial charge in [0.05, 0.1) is 28.3 Å². The van der Waals surface area contributed by atoms with Crippen molar-refractivity contribution >= 4 is 40.9 Å². The number of carbonyl (C=O) groups is 2. The first-order chi connectivity index (χ1) is 21.4. The van der Waals surface area contributed by atoms with E-state index in [2.05, 4.69) is 15.5 Å². The van der Waals surface area contributed by atoms with Gasteiger partial charge in [-0.25, -0.2) is 9.59 Å². The normalized spacial score (nSPS) is 21.0. The number of hydrogen-bond acceptors (Lipinski definition) is 6. The zero-order chi connectivity index (χ0) is 30.4. The van der Waals surface area contributed by atoms with Crippen LogP contribution in [0.15, 0.2) is 65.4 Å². The van der Waals surface area contributed by atoms with Crippen molar-refractivity contribution in [2.75, 3.05) is 5.32 Å². The Kier molecular flexibility index (Phi) is 7.78. The molecular weight excluding hydrogens is 603 g/mol. The van der Waals surface area contributed by atoms with Gasteiger partial charge in [-0.3, -0.25) is 4.98 Å². The lowest BCUT2D eigenvalue weighted by molar-refractivity contribution is -0.0158. The number of carboxylic acids is 1. The fourth-order valence-corrected chi connectivity index (χ4v) is 7.18. The highest BCUT2D eigenvalue weighted by Crippen LogP contribution is 2.46. The fourth-order valence-electron chi connectivity index (χ4n) is 6.60. The van der Waals surface area contributed by atoms with Crippen LogP contribution in [0.1, 0.15) is 66.1 Å². The highest BCUT2D eigenvalue weighted by Gasteiger charge is 2.44. The van der Waals surface area contributed by atoms with E-state index in [9.17, 15) is 14.7 Å². The molecule has 3 fully saturated rings. The standard InChI is InChI=1S/C33H30Cl2N4O5/c34-27-4-1-5-28(35)29(27)30-26(31(44-38-30)18-6-7-18)17-43-23-14-21-9-10-22(15-23)39(21)33(42)37-20-8-11-24(32(40)41)25(13-20)19-3-2-12-36-16-19/h1-5,8,11-13,16,18,21-23H,6-7,9-10,14-15,17H2,(H,37,42)(H,40,41). The van der Waals surface area contributed by atoms with Crippen molar-refractivity contribution in [3.05, 3.63) is 87.9 Å². The molecule has 7 rings (SSSR count). The number of hydrogen-bond donors (Lipinski definition) is 2. The zero-order valence-corrected chi connectivity index (χ0v) is 25.2. The van der Waals surface area contributed by atoms with Gasteiger partial charge in [0.1, 0.15) is 11.5 Å². The molecule has 4 heterocycles. The van der Waals surface area contributed by atoms with Crippen molar-refractivity contribution in [2.24, 2.45) is 0 Å². The smallest absolute Gasteiger partial charge is 0.336 e. The van der Waals surface area contributed by atoms with Gasteiger partial charge < -0.3 is 24.6 Å². The van der Waals surface area contributed by atoms with Gasteiger partial charge >= 0.3 is 12.0 Å². The number of nitrogens with zero attached hydrogens (tertiary/aromatic N) is 3. The van der Waals surface area contributed by atoms with Crippen LogP contribution in [0.4, 0.5) is 10.5 Å². The number of carboxylic acid groups (broad SMARTS) is 1. The number of nitrogens with one attached hydrogen (secondary N) is 1. The summed E-state index contributed by atoms with van der Waals surface area (Å²) in [7, 11) is 0. The minimum atomic E-state index is -1.04. The van der Waals surface area contributed by atoms with Crippen LogP contribution in [-0.2, 0) is 11.3 Å². The number of anilines is 1. The van der Waals surface area contributed by atoms with Crippen LogP contribution < -0.4 is 5.32 Å². The van der Waals surface area contributed by atoms with Crippen molar-refractivity contribution in [1.29, 1.82) is 0 Å². The molecule has 11 heteroatoms. The summed E-state index contributed by atoms with van der Waals surface area (Å²) < 4.78 is 12.3. The molecule has 2 aliphatic heterocycles. The number of ether oxygens (including phenoxy) is 1. The van der Waals surface area contributed by atoms with Crippen molar-refractivity contribution in [3.8, 4) is 22.4 Å². The Hall–Kier alpha value is -3.92. The molecule has 2 unspecified atom stereocenters. The van der Waals surface area contributed by atoms with Crippen molar-refractivity contribution in [1.82, 2.24) is 15.0 Å². The Morgan fingerprint density at radius 3 is 2.43 bits per heavy atom. The van der Waals surface area contributed by atoms with E-state index in [0.29, 0.717) is 50.6 Å². The first kappa shape index (κ1) is 28.8. The predicted molar refractivity (Wildman–Crippen MR) is 166 cm³/mol. The monoisotopic (exact) mass is 632 g/mol. The molecule has 9 nitrogen and oxygen atoms in total. The number of fused-ring (bicyclic) bond motifs is 2. The van der Waals surface area contributed by atoms with Gasteiger partial charge in [0.15, 0.2) is 0 Å². The summed E-state index contributed by atoms with van der Waals surface area (Å²) in [6.45, 7) is 0.329. The van der Waals surface area contributed by atoms with Crippen molar-refractivity contribution in [2.45, 2.75) is 69.2 Å². The summed E-state index contributed by atoms with van der Waals surface area (Å²) in [6.07, 6.45) is 8.55. The molecule has 2 aromatic carbocycles. The highest BCUT2D eigenvalue weighted by atomic mass is 35.5. The third-order valence-corrected chi connectivity index (χ3v) is 9.46. The van der Waals surface area contributed by atoms with Gasteiger partial charge in [-0.05, 0) is 80.5 Å². The molecule has 2 amide bonds. The lowest BCUT2D eigenvalue weighted by atomic mass is 9.99. The van der Waals surface area contributed by atoms with Crippen molar-refractivity contribution in [3.63, 3.8) is 0 Å². The Labute approximate surface area is 264 Å². The van der Waals surface area contributed by atoms with E-state index in [1.54, 1.807) is 54.9 Å². The third-order valence-electron chi connectivity index (χ3n) is 8.83. The molecule has 2 aromatic heterocycles. The topological polar surface area (TPSA) is 118 Å². The molecule has 0 spiro atoms. The number of urea groups is 1. The van der Waals surface area contributed by atoms with E-state index >= 15 is 0 Å². The molecule has 2 bridgehead atoms. The summed E-state index contributed by atoms with van der Waals surface area (Å²) in [4.78, 5) is 31.4. The summed E-state index contributed by atoms with van der Waals surface area (Å²) in [5, 5.41) is 18.1. The van der Waals surface area contributed by atoms with Gasteiger partial charge in [-0.2, -0.15) is 0 Å². The van der Waals surface area contributed by atoms with Gasteiger partial charge in [0.2, 0.25) is 0 Å². The van der Waals surface area contributed by atoms with Crippen LogP contribution in [0.3, 0.4) is 0 Å². The second-order valence-electron chi connectivity index (χ2n) is 11.7. The van der Waals surface area contributed by atoms with E-state index in [-0.39, 0.29) is 29.8 Å². The molecule has 1 saturated carbocycles. The molecule has 1 aliphatic carbocycles. The maximum Gasteiger partial charge on any atom is 0.336 e. The Balaban J connectivity index is 1.05. The first-order valence-corrected chi connectivity index (χ1v) is 15.5. The Bertz CT molecular complexity index is 1690. The first-order valence-electron chi connectivity index (χ1n) is 14.8. The summed E-state index contributed by atoms with van der Waals surface area (Å²) in [5.41, 5.74) is 4.01. The Morgan fingerprint density at radius 2 is 1.77 bits per heavy atom. The van der Waals surface area contributed by atoms with Crippen LogP contribution in [0.5, 0.6) is 0 Å². The number of rotatable bonds is 8. The molecule has 226 valence electrons. The van der Waals surface area contributed by atoms with Crippen molar-refractivity contribution < 1.29 is 24.0 Å². The zero-order valence-electron chi connectivity index (χ0n) is 23.7. The van der Waals surface area contributed by atoms with Gasteiger partial charge in [-0.1, -0.05) is 40.5 Å².